The molecule has 1 aliphatic carbocycles. The predicted octanol–water partition coefficient (Wildman–Crippen LogP) is 5.44. The Morgan fingerprint density at radius 3 is 2.77 bits per heavy atom. The first-order valence-electron chi connectivity index (χ1n) is 14.4. The van der Waals surface area contributed by atoms with Crippen molar-refractivity contribution in [3.63, 3.8) is 0 Å². The first-order chi connectivity index (χ1) is 21.3. The second-order valence-electron chi connectivity index (χ2n) is 10.7. The first-order valence-corrected chi connectivity index (χ1v) is 15.9. The fourth-order valence-corrected chi connectivity index (χ4v) is 7.67. The number of nitro benzene ring substituents is 1. The molecule has 2 heterocycles. The van der Waals surface area contributed by atoms with Gasteiger partial charge < -0.3 is 9.15 Å². The molecule has 5 aromatic rings. The van der Waals surface area contributed by atoms with E-state index in [4.69, 9.17) is 22.1 Å². The standard InChI is InChI=1S/C31H30BN5O6S/c1-2-15-42-20-35-26-14-12-23(17-25(26)31(34-35)29-18-33-19-43-29)36(44(40,41)30-10-6-5-9-28(30)37(38)39)27-8-4-3-7-21-16-22(32)11-13-24(21)27/h5-6,9-14,16-19,27H,2-4,7-8,15,20H2,1H3. The molecular formula is C31H30BN5O6S. The highest BCUT2D eigenvalue weighted by molar-refractivity contribution is 7.93. The predicted molar refractivity (Wildman–Crippen MR) is 166 cm³/mol. The molecule has 224 valence electrons. The summed E-state index contributed by atoms with van der Waals surface area (Å²) in [6.07, 6.45) is 6.54. The zero-order valence-corrected chi connectivity index (χ0v) is 24.9. The van der Waals surface area contributed by atoms with Gasteiger partial charge in [0.05, 0.1) is 28.4 Å². The molecule has 0 saturated heterocycles. The van der Waals surface area contributed by atoms with Crippen LogP contribution in [0.25, 0.3) is 22.4 Å². The third-order valence-corrected chi connectivity index (χ3v) is 9.68. The van der Waals surface area contributed by atoms with Crippen molar-refractivity contribution in [1.82, 2.24) is 14.8 Å². The summed E-state index contributed by atoms with van der Waals surface area (Å²) in [7, 11) is 1.65. The third-order valence-electron chi connectivity index (χ3n) is 7.80. The number of rotatable bonds is 10. The molecule has 6 rings (SSSR count). The van der Waals surface area contributed by atoms with Crippen molar-refractivity contribution < 1.29 is 22.5 Å². The Morgan fingerprint density at radius 2 is 2.00 bits per heavy atom. The largest absolute Gasteiger partial charge is 0.442 e. The lowest BCUT2D eigenvalue weighted by molar-refractivity contribution is -0.387. The van der Waals surface area contributed by atoms with Crippen LogP contribution in [-0.4, -0.2) is 42.6 Å². The van der Waals surface area contributed by atoms with Gasteiger partial charge in [-0.25, -0.2) is 18.1 Å². The maximum atomic E-state index is 14.7. The molecular weight excluding hydrogens is 581 g/mol. The van der Waals surface area contributed by atoms with E-state index >= 15 is 0 Å². The fraction of sp³-hybridized carbons (Fsp3) is 0.290. The van der Waals surface area contributed by atoms with Crippen molar-refractivity contribution in [3.8, 4) is 11.5 Å². The quantitative estimate of drug-likeness (QED) is 0.0670. The summed E-state index contributed by atoms with van der Waals surface area (Å²) in [5.74, 6) is 0.407. The molecule has 0 amide bonds. The number of anilines is 1. The molecule has 0 N–H and O–H groups in total. The third kappa shape index (κ3) is 5.48. The van der Waals surface area contributed by atoms with E-state index in [2.05, 4.69) is 4.98 Å². The zero-order valence-electron chi connectivity index (χ0n) is 24.1. The van der Waals surface area contributed by atoms with Crippen LogP contribution in [0, 0.1) is 10.1 Å². The number of nitrogens with zero attached hydrogens (tertiary/aromatic N) is 5. The molecule has 11 nitrogen and oxygen atoms in total. The van der Waals surface area contributed by atoms with E-state index in [0.717, 1.165) is 36.8 Å². The maximum Gasteiger partial charge on any atom is 0.289 e. The van der Waals surface area contributed by atoms with Crippen LogP contribution < -0.4 is 9.77 Å². The lowest BCUT2D eigenvalue weighted by Crippen LogP contribution is -2.36. The molecule has 44 heavy (non-hydrogen) atoms. The minimum atomic E-state index is -4.47. The van der Waals surface area contributed by atoms with Gasteiger partial charge in [-0.05, 0) is 61.1 Å². The second kappa shape index (κ2) is 12.3. The number of hydrogen-bond donors (Lipinski definition) is 0. The van der Waals surface area contributed by atoms with Gasteiger partial charge in [0.25, 0.3) is 15.7 Å². The Hall–Kier alpha value is -4.49. The molecule has 0 aliphatic heterocycles. The molecule has 1 atom stereocenters. The lowest BCUT2D eigenvalue weighted by Gasteiger charge is -2.33. The normalized spacial score (nSPS) is 15.2. The monoisotopic (exact) mass is 611 g/mol. The van der Waals surface area contributed by atoms with E-state index in [9.17, 15) is 18.5 Å². The topological polar surface area (TPSA) is 134 Å². The maximum absolute atomic E-state index is 14.7. The van der Waals surface area contributed by atoms with Crippen molar-refractivity contribution in [2.24, 2.45) is 0 Å². The SMILES string of the molecule is [B]c1ccc2c(c1)CCCCC2N(c1ccc2c(c1)c(-c1cnco1)nn2COCCC)S(=O)(=O)c1ccccc1[N+](=O)[O-]. The van der Waals surface area contributed by atoms with Gasteiger partial charge in [-0.3, -0.25) is 14.4 Å². The number of fused-ring (bicyclic) bond motifs is 2. The Bertz CT molecular complexity index is 1930. The van der Waals surface area contributed by atoms with E-state index in [-0.39, 0.29) is 11.6 Å². The molecule has 1 unspecified atom stereocenters. The number of benzene rings is 3. The number of sulfonamides is 1. The summed E-state index contributed by atoms with van der Waals surface area (Å²) in [4.78, 5) is 15.0. The summed E-state index contributed by atoms with van der Waals surface area (Å²) in [5, 5.41) is 17.4. The summed E-state index contributed by atoms with van der Waals surface area (Å²) >= 11 is 0. The second-order valence-corrected chi connectivity index (χ2v) is 12.5. The van der Waals surface area contributed by atoms with Gasteiger partial charge in [-0.2, -0.15) is 5.10 Å². The lowest BCUT2D eigenvalue weighted by atomic mass is 9.89. The Morgan fingerprint density at radius 1 is 1.16 bits per heavy atom. The van der Waals surface area contributed by atoms with Crippen molar-refractivity contribution in [3.05, 3.63) is 94.5 Å². The van der Waals surface area contributed by atoms with Crippen molar-refractivity contribution in [2.45, 2.75) is 56.7 Å². The smallest absolute Gasteiger partial charge is 0.289 e. The van der Waals surface area contributed by atoms with Gasteiger partial charge >= 0.3 is 0 Å². The number of aromatic nitrogens is 3. The number of oxazole rings is 1. The van der Waals surface area contributed by atoms with Crippen LogP contribution in [0.15, 0.2) is 82.6 Å². The van der Waals surface area contributed by atoms with E-state index < -0.39 is 26.7 Å². The summed E-state index contributed by atoms with van der Waals surface area (Å²) in [5.41, 5.74) is 3.38. The fourth-order valence-electron chi connectivity index (χ4n) is 5.85. The van der Waals surface area contributed by atoms with Gasteiger partial charge in [-0.1, -0.05) is 49.1 Å². The molecule has 2 aromatic heterocycles. The number of ether oxygens (including phenoxy) is 1. The minimum Gasteiger partial charge on any atom is -0.442 e. The van der Waals surface area contributed by atoms with Gasteiger partial charge in [0, 0.05) is 18.1 Å². The molecule has 3 aromatic carbocycles. The van der Waals surface area contributed by atoms with Gasteiger partial charge in [0.1, 0.15) is 20.3 Å². The van der Waals surface area contributed by atoms with E-state index in [1.165, 1.54) is 35.0 Å². The van der Waals surface area contributed by atoms with E-state index in [1.807, 2.05) is 19.1 Å². The van der Waals surface area contributed by atoms with Crippen LogP contribution in [0.5, 0.6) is 0 Å². The molecule has 1 aliphatic rings. The van der Waals surface area contributed by atoms with Crippen molar-refractivity contribution in [2.75, 3.05) is 10.9 Å². The number of nitro groups is 1. The highest BCUT2D eigenvalue weighted by Gasteiger charge is 2.38. The van der Waals surface area contributed by atoms with Gasteiger partial charge in [0.2, 0.25) is 0 Å². The summed E-state index contributed by atoms with van der Waals surface area (Å²) in [6, 6.07) is 15.5. The number of para-hydroxylation sites is 1. The molecule has 13 heteroatoms. The Kier molecular flexibility index (Phi) is 8.24. The minimum absolute atomic E-state index is 0.188. The Balaban J connectivity index is 1.59. The number of aryl methyl sites for hydroxylation is 1. The van der Waals surface area contributed by atoms with Gasteiger partial charge in [0.15, 0.2) is 17.0 Å². The van der Waals surface area contributed by atoms with E-state index in [0.29, 0.717) is 46.5 Å². The molecule has 0 saturated carbocycles. The van der Waals surface area contributed by atoms with E-state index in [1.54, 1.807) is 35.1 Å². The van der Waals surface area contributed by atoms with Crippen molar-refractivity contribution in [1.29, 1.82) is 0 Å². The average Bonchev–Trinajstić information content (AvgIpc) is 3.62. The van der Waals surface area contributed by atoms with Crippen LogP contribution in [0.2, 0.25) is 0 Å². The first kappa shape index (κ1) is 29.6. The van der Waals surface area contributed by atoms with Crippen LogP contribution in [0.1, 0.15) is 49.8 Å². The highest BCUT2D eigenvalue weighted by atomic mass is 32.2. The summed E-state index contributed by atoms with van der Waals surface area (Å²) < 4.78 is 43.8. The molecule has 0 bridgehead atoms. The molecule has 0 spiro atoms. The zero-order chi connectivity index (χ0) is 30.8. The Labute approximate surface area is 256 Å². The highest BCUT2D eigenvalue weighted by Crippen LogP contribution is 2.43. The van der Waals surface area contributed by atoms with Crippen LogP contribution in [0.3, 0.4) is 0 Å². The average molecular weight is 611 g/mol. The van der Waals surface area contributed by atoms with Crippen LogP contribution in [0.4, 0.5) is 11.4 Å². The molecule has 0 fully saturated rings. The van der Waals surface area contributed by atoms with Crippen LogP contribution >= 0.6 is 0 Å². The number of hydrogen-bond acceptors (Lipinski definition) is 8. The van der Waals surface area contributed by atoms with Crippen molar-refractivity contribution >= 4 is 45.6 Å². The molecule has 2 radical (unpaired) electrons. The van der Waals surface area contributed by atoms with Crippen LogP contribution in [-0.2, 0) is 27.9 Å². The van der Waals surface area contributed by atoms with Gasteiger partial charge in [-0.15, -0.1) is 0 Å². The summed E-state index contributed by atoms with van der Waals surface area (Å²) in [6.45, 7) is 2.75.